The number of sulfonamides is 1. The van der Waals surface area contributed by atoms with Crippen LogP contribution < -0.4 is 4.31 Å². The number of hydrogen-bond acceptors (Lipinski definition) is 8. The van der Waals surface area contributed by atoms with Gasteiger partial charge in [0, 0.05) is 36.9 Å². The molecule has 1 aliphatic rings. The molecule has 0 unspecified atom stereocenters. The second kappa shape index (κ2) is 8.15. The molecule has 0 radical (unpaired) electrons. The first kappa shape index (κ1) is 20.3. The van der Waals surface area contributed by atoms with Crippen LogP contribution in [0.15, 0.2) is 42.9 Å². The number of nitrogens with zero attached hydrogens (tertiary/aromatic N) is 6. The van der Waals surface area contributed by atoms with Crippen LogP contribution in [0.25, 0.3) is 22.4 Å². The Morgan fingerprint density at radius 1 is 1.06 bits per heavy atom. The van der Waals surface area contributed by atoms with Crippen molar-refractivity contribution < 1.29 is 13.5 Å². The standard InChI is InChI=1S/C21H21N7O3S/c29-19-17-15(4-3-9-23-17)21(28-12-1-2-13-32(28,30)31)25-18(19)20-24-16(26-27-20)6-5-14-7-10-22-11-8-14/h3-4,7-11,29H,1-2,5-6,12-13H2,(H,24,26,27). The fourth-order valence-electron chi connectivity index (χ4n) is 3.80. The number of aromatic amines is 1. The minimum Gasteiger partial charge on any atom is -0.504 e. The number of aryl methyl sites for hydroxylation is 2. The number of aromatic hydroxyl groups is 1. The normalized spacial score (nSPS) is 15.8. The molecule has 5 heterocycles. The third-order valence-electron chi connectivity index (χ3n) is 5.44. The molecule has 1 saturated heterocycles. The molecule has 0 atom stereocenters. The Labute approximate surface area is 184 Å². The molecule has 4 aromatic rings. The Balaban J connectivity index is 1.55. The molecule has 0 aliphatic carbocycles. The average Bonchev–Trinajstić information content (AvgIpc) is 3.28. The van der Waals surface area contributed by atoms with Crippen molar-refractivity contribution in [3.05, 3.63) is 54.2 Å². The molecule has 0 bridgehead atoms. The first-order valence-electron chi connectivity index (χ1n) is 10.3. The number of aromatic nitrogens is 6. The molecule has 0 aromatic carbocycles. The van der Waals surface area contributed by atoms with E-state index in [1.54, 1.807) is 30.7 Å². The van der Waals surface area contributed by atoms with Gasteiger partial charge in [-0.05, 0) is 49.1 Å². The zero-order valence-corrected chi connectivity index (χ0v) is 18.0. The molecular weight excluding hydrogens is 430 g/mol. The van der Waals surface area contributed by atoms with Crippen molar-refractivity contribution in [3.63, 3.8) is 0 Å². The molecule has 32 heavy (non-hydrogen) atoms. The minimum absolute atomic E-state index is 0.0620. The van der Waals surface area contributed by atoms with Gasteiger partial charge >= 0.3 is 0 Å². The molecule has 164 valence electrons. The monoisotopic (exact) mass is 451 g/mol. The SMILES string of the molecule is O=S1(=O)CCCCN1c1nc(-c2n[nH]c(CCc3ccncc3)n2)c(O)c2ncccc12. The second-order valence-corrected chi connectivity index (χ2v) is 9.60. The van der Waals surface area contributed by atoms with E-state index in [0.717, 1.165) is 18.4 Å². The van der Waals surface area contributed by atoms with E-state index in [2.05, 4.69) is 30.1 Å². The van der Waals surface area contributed by atoms with Gasteiger partial charge in [0.25, 0.3) is 0 Å². The molecule has 0 amide bonds. The summed E-state index contributed by atoms with van der Waals surface area (Å²) >= 11 is 0. The molecule has 2 N–H and O–H groups in total. The van der Waals surface area contributed by atoms with Gasteiger partial charge in [-0.2, -0.15) is 5.10 Å². The van der Waals surface area contributed by atoms with Gasteiger partial charge in [-0.15, -0.1) is 0 Å². The lowest BCUT2D eigenvalue weighted by Gasteiger charge is -2.28. The zero-order valence-electron chi connectivity index (χ0n) is 17.1. The fraction of sp³-hybridized carbons (Fsp3) is 0.286. The molecule has 5 rings (SSSR count). The number of H-pyrrole nitrogens is 1. The van der Waals surface area contributed by atoms with Crippen LogP contribution in [0, 0.1) is 0 Å². The molecular formula is C21H21N7O3S. The average molecular weight is 452 g/mol. The lowest BCUT2D eigenvalue weighted by molar-refractivity contribution is 0.479. The summed E-state index contributed by atoms with van der Waals surface area (Å²) in [6, 6.07) is 7.26. The van der Waals surface area contributed by atoms with Crippen molar-refractivity contribution in [2.75, 3.05) is 16.6 Å². The Morgan fingerprint density at radius 3 is 2.72 bits per heavy atom. The Kier molecular flexibility index (Phi) is 5.17. The van der Waals surface area contributed by atoms with Crippen molar-refractivity contribution in [2.45, 2.75) is 25.7 Å². The highest BCUT2D eigenvalue weighted by Gasteiger charge is 2.30. The Bertz CT molecular complexity index is 1370. The fourth-order valence-corrected chi connectivity index (χ4v) is 5.40. The van der Waals surface area contributed by atoms with Crippen molar-refractivity contribution in [1.82, 2.24) is 30.1 Å². The lowest BCUT2D eigenvalue weighted by Crippen LogP contribution is -2.38. The number of pyridine rings is 3. The molecule has 4 aromatic heterocycles. The smallest absolute Gasteiger partial charge is 0.236 e. The number of nitrogens with one attached hydrogen (secondary N) is 1. The van der Waals surface area contributed by atoms with Gasteiger partial charge in [0.05, 0.1) is 5.75 Å². The molecule has 0 saturated carbocycles. The maximum absolute atomic E-state index is 12.7. The molecule has 1 fully saturated rings. The quantitative estimate of drug-likeness (QED) is 0.471. The van der Waals surface area contributed by atoms with Crippen molar-refractivity contribution in [3.8, 4) is 17.3 Å². The zero-order chi connectivity index (χ0) is 22.1. The van der Waals surface area contributed by atoms with Crippen molar-refractivity contribution in [1.29, 1.82) is 0 Å². The maximum Gasteiger partial charge on any atom is 0.236 e. The number of anilines is 1. The van der Waals surface area contributed by atoms with Crippen molar-refractivity contribution >= 4 is 26.7 Å². The van der Waals surface area contributed by atoms with Gasteiger partial charge in [-0.1, -0.05) is 0 Å². The van der Waals surface area contributed by atoms with Crippen LogP contribution in [0.2, 0.25) is 0 Å². The molecule has 0 spiro atoms. The minimum atomic E-state index is -3.51. The predicted molar refractivity (Wildman–Crippen MR) is 119 cm³/mol. The summed E-state index contributed by atoms with van der Waals surface area (Å²) in [6.45, 7) is 0.328. The van der Waals surface area contributed by atoms with E-state index >= 15 is 0 Å². The molecule has 10 nitrogen and oxygen atoms in total. The van der Waals surface area contributed by atoms with Crippen LogP contribution >= 0.6 is 0 Å². The number of hydrogen-bond donors (Lipinski definition) is 2. The van der Waals surface area contributed by atoms with E-state index in [9.17, 15) is 13.5 Å². The predicted octanol–water partition coefficient (Wildman–Crippen LogP) is 2.23. The van der Waals surface area contributed by atoms with Crippen LogP contribution in [0.5, 0.6) is 5.75 Å². The summed E-state index contributed by atoms with van der Waals surface area (Å²) in [4.78, 5) is 17.3. The van der Waals surface area contributed by atoms with Crippen LogP contribution in [0.4, 0.5) is 5.82 Å². The molecule has 11 heteroatoms. The lowest BCUT2D eigenvalue weighted by atomic mass is 10.1. The largest absolute Gasteiger partial charge is 0.504 e. The third-order valence-corrected chi connectivity index (χ3v) is 7.28. The van der Waals surface area contributed by atoms with E-state index in [0.29, 0.717) is 30.6 Å². The van der Waals surface area contributed by atoms with E-state index in [4.69, 9.17) is 0 Å². The third kappa shape index (κ3) is 3.75. The van der Waals surface area contributed by atoms with Gasteiger partial charge in [0.1, 0.15) is 11.3 Å². The van der Waals surface area contributed by atoms with E-state index in [1.807, 2.05) is 12.1 Å². The topological polar surface area (TPSA) is 138 Å². The van der Waals surface area contributed by atoms with Gasteiger partial charge in [-0.25, -0.2) is 18.4 Å². The maximum atomic E-state index is 12.7. The van der Waals surface area contributed by atoms with Crippen LogP contribution in [0.1, 0.15) is 24.2 Å². The van der Waals surface area contributed by atoms with Crippen molar-refractivity contribution in [2.24, 2.45) is 0 Å². The summed E-state index contributed by atoms with van der Waals surface area (Å²) in [6.07, 6.45) is 7.71. The van der Waals surface area contributed by atoms with E-state index < -0.39 is 10.0 Å². The molecule has 1 aliphatic heterocycles. The Morgan fingerprint density at radius 2 is 1.91 bits per heavy atom. The van der Waals surface area contributed by atoms with Gasteiger partial charge in [0.2, 0.25) is 15.8 Å². The van der Waals surface area contributed by atoms with Crippen LogP contribution in [-0.2, 0) is 22.9 Å². The van der Waals surface area contributed by atoms with E-state index in [-0.39, 0.29) is 34.4 Å². The van der Waals surface area contributed by atoms with Gasteiger partial charge in [-0.3, -0.25) is 19.4 Å². The summed E-state index contributed by atoms with van der Waals surface area (Å²) in [5.41, 5.74) is 1.47. The highest BCUT2D eigenvalue weighted by Crippen LogP contribution is 2.38. The highest BCUT2D eigenvalue weighted by molar-refractivity contribution is 7.92. The summed E-state index contributed by atoms with van der Waals surface area (Å²) in [5, 5.41) is 18.5. The van der Waals surface area contributed by atoms with Gasteiger partial charge in [0.15, 0.2) is 17.3 Å². The van der Waals surface area contributed by atoms with Gasteiger partial charge < -0.3 is 5.11 Å². The number of fused-ring (bicyclic) bond motifs is 1. The first-order valence-corrected chi connectivity index (χ1v) is 11.9. The Hall–Kier alpha value is -3.60. The van der Waals surface area contributed by atoms with Crippen LogP contribution in [0.3, 0.4) is 0 Å². The highest BCUT2D eigenvalue weighted by atomic mass is 32.2. The summed E-state index contributed by atoms with van der Waals surface area (Å²) in [5.74, 6) is 0.941. The summed E-state index contributed by atoms with van der Waals surface area (Å²) < 4.78 is 26.8. The summed E-state index contributed by atoms with van der Waals surface area (Å²) in [7, 11) is -3.51. The van der Waals surface area contributed by atoms with Crippen LogP contribution in [-0.4, -0.2) is 56.0 Å². The second-order valence-electron chi connectivity index (χ2n) is 7.59. The first-order chi connectivity index (χ1) is 15.5. The van der Waals surface area contributed by atoms with E-state index in [1.165, 1.54) is 4.31 Å². The number of rotatable bonds is 5.